The van der Waals surface area contributed by atoms with E-state index in [0.717, 1.165) is 12.8 Å². The van der Waals surface area contributed by atoms with Crippen molar-refractivity contribution in [3.05, 3.63) is 0 Å². The van der Waals surface area contributed by atoms with Gasteiger partial charge in [0.25, 0.3) is 0 Å². The van der Waals surface area contributed by atoms with Crippen LogP contribution < -0.4 is 0 Å². The average Bonchev–Trinajstić information content (AvgIpc) is 2.79. The molecular weight excluding hydrogens is 256 g/mol. The molecule has 0 radical (unpaired) electrons. The number of aliphatic carboxylic acids is 1. The van der Waals surface area contributed by atoms with Crippen LogP contribution in [0.1, 0.15) is 46.0 Å². The van der Waals surface area contributed by atoms with Crippen molar-refractivity contribution in [3.8, 4) is 0 Å². The van der Waals surface area contributed by atoms with Gasteiger partial charge in [-0.25, -0.2) is 4.79 Å². The Morgan fingerprint density at radius 3 is 2.45 bits per heavy atom. The van der Waals surface area contributed by atoms with Crippen LogP contribution in [-0.2, 0) is 4.79 Å². The third-order valence-electron chi connectivity index (χ3n) is 5.08. The zero-order chi connectivity index (χ0) is 14.9. The first kappa shape index (κ1) is 15.1. The molecule has 1 N–H and O–H groups in total. The molecule has 1 heterocycles. The van der Waals surface area contributed by atoms with E-state index < -0.39 is 11.9 Å². The molecule has 0 aromatic carbocycles. The maximum atomic E-state index is 12.6. The van der Waals surface area contributed by atoms with Crippen LogP contribution in [0.4, 0.5) is 4.79 Å². The summed E-state index contributed by atoms with van der Waals surface area (Å²) < 4.78 is 0. The third-order valence-corrected chi connectivity index (χ3v) is 5.08. The SMILES string of the molecule is CC1CCCC(N(C)C(=O)N2CCC(C(=O)O)C2C)C1. The number of carboxylic acid groups (broad SMARTS) is 1. The second-order valence-electron chi connectivity index (χ2n) is 6.49. The highest BCUT2D eigenvalue weighted by Gasteiger charge is 2.40. The van der Waals surface area contributed by atoms with Gasteiger partial charge in [0, 0.05) is 25.7 Å². The van der Waals surface area contributed by atoms with E-state index in [-0.39, 0.29) is 12.1 Å². The first-order chi connectivity index (χ1) is 9.41. The summed E-state index contributed by atoms with van der Waals surface area (Å²) in [6.45, 7) is 4.65. The number of nitrogens with zero attached hydrogens (tertiary/aromatic N) is 2. The van der Waals surface area contributed by atoms with E-state index in [0.29, 0.717) is 24.9 Å². The van der Waals surface area contributed by atoms with Crippen LogP contribution in [-0.4, -0.2) is 52.6 Å². The number of hydrogen-bond acceptors (Lipinski definition) is 2. The summed E-state index contributed by atoms with van der Waals surface area (Å²) in [4.78, 5) is 27.3. The number of carbonyl (C=O) groups is 2. The van der Waals surface area contributed by atoms with Crippen LogP contribution in [0, 0.1) is 11.8 Å². The smallest absolute Gasteiger partial charge is 0.320 e. The van der Waals surface area contributed by atoms with E-state index in [9.17, 15) is 9.59 Å². The summed E-state index contributed by atoms with van der Waals surface area (Å²) in [6.07, 6.45) is 5.12. The molecule has 1 aliphatic heterocycles. The van der Waals surface area contributed by atoms with Crippen LogP contribution in [0.3, 0.4) is 0 Å². The molecule has 4 atom stereocenters. The van der Waals surface area contributed by atoms with Gasteiger partial charge in [0.05, 0.1) is 5.92 Å². The number of carbonyl (C=O) groups excluding carboxylic acids is 1. The van der Waals surface area contributed by atoms with Gasteiger partial charge in [0.15, 0.2) is 0 Å². The quantitative estimate of drug-likeness (QED) is 0.846. The fourth-order valence-corrected chi connectivity index (χ4v) is 3.65. The Labute approximate surface area is 120 Å². The Hall–Kier alpha value is -1.26. The normalized spacial score (nSPS) is 34.0. The van der Waals surface area contributed by atoms with E-state index in [1.165, 1.54) is 12.8 Å². The largest absolute Gasteiger partial charge is 0.481 e. The van der Waals surface area contributed by atoms with Crippen molar-refractivity contribution in [3.63, 3.8) is 0 Å². The second-order valence-corrected chi connectivity index (χ2v) is 6.49. The van der Waals surface area contributed by atoms with Crippen LogP contribution in [0.15, 0.2) is 0 Å². The molecule has 114 valence electrons. The van der Waals surface area contributed by atoms with Crippen LogP contribution in [0.2, 0.25) is 0 Å². The lowest BCUT2D eigenvalue weighted by Gasteiger charge is -2.37. The Kier molecular flexibility index (Phi) is 4.55. The van der Waals surface area contributed by atoms with E-state index in [4.69, 9.17) is 5.11 Å². The second kappa shape index (κ2) is 6.02. The highest BCUT2D eigenvalue weighted by molar-refractivity contribution is 5.78. The molecule has 4 unspecified atom stereocenters. The molecule has 5 heteroatoms. The minimum absolute atomic E-state index is 0.000324. The predicted octanol–water partition coefficient (Wildman–Crippen LogP) is 2.41. The van der Waals surface area contributed by atoms with Gasteiger partial charge in [-0.3, -0.25) is 4.79 Å². The summed E-state index contributed by atoms with van der Waals surface area (Å²) in [7, 11) is 1.87. The van der Waals surface area contributed by atoms with Crippen LogP contribution in [0.25, 0.3) is 0 Å². The van der Waals surface area contributed by atoms with E-state index >= 15 is 0 Å². The van der Waals surface area contributed by atoms with Gasteiger partial charge in [-0.2, -0.15) is 0 Å². The maximum Gasteiger partial charge on any atom is 0.320 e. The number of urea groups is 1. The standard InChI is InChI=1S/C15H26N2O3/c1-10-5-4-6-12(9-10)16(3)15(20)17-8-7-13(11(17)2)14(18)19/h10-13H,4-9H2,1-3H3,(H,18,19). The summed E-state index contributed by atoms with van der Waals surface area (Å²) in [5.41, 5.74) is 0. The van der Waals surface area contributed by atoms with Gasteiger partial charge >= 0.3 is 12.0 Å². The Morgan fingerprint density at radius 1 is 1.20 bits per heavy atom. The van der Waals surface area contributed by atoms with Gasteiger partial charge in [0.1, 0.15) is 0 Å². The number of likely N-dealkylation sites (tertiary alicyclic amines) is 1. The van der Waals surface area contributed by atoms with Crippen molar-refractivity contribution >= 4 is 12.0 Å². The number of rotatable bonds is 2. The lowest BCUT2D eigenvalue weighted by atomic mass is 9.86. The third kappa shape index (κ3) is 2.91. The zero-order valence-corrected chi connectivity index (χ0v) is 12.7. The lowest BCUT2D eigenvalue weighted by molar-refractivity contribution is -0.142. The van der Waals surface area contributed by atoms with Gasteiger partial charge in [-0.15, -0.1) is 0 Å². The Bertz CT molecular complexity index is 385. The maximum absolute atomic E-state index is 12.6. The molecule has 2 amide bonds. The summed E-state index contributed by atoms with van der Waals surface area (Å²) >= 11 is 0. The van der Waals surface area contributed by atoms with Gasteiger partial charge in [-0.1, -0.05) is 19.8 Å². The van der Waals surface area contributed by atoms with E-state index in [1.54, 1.807) is 4.90 Å². The summed E-state index contributed by atoms with van der Waals surface area (Å²) in [5, 5.41) is 9.15. The molecule has 1 saturated heterocycles. The fraction of sp³-hybridized carbons (Fsp3) is 0.867. The molecule has 1 saturated carbocycles. The highest BCUT2D eigenvalue weighted by Crippen LogP contribution is 2.30. The van der Waals surface area contributed by atoms with Crippen LogP contribution >= 0.6 is 0 Å². The Balaban J connectivity index is 1.98. The monoisotopic (exact) mass is 282 g/mol. The first-order valence-corrected chi connectivity index (χ1v) is 7.68. The number of amides is 2. The number of hydrogen-bond donors (Lipinski definition) is 1. The van der Waals surface area contributed by atoms with Gasteiger partial charge < -0.3 is 14.9 Å². The topological polar surface area (TPSA) is 60.9 Å². The molecule has 2 fully saturated rings. The van der Waals surface area contributed by atoms with E-state index in [2.05, 4.69) is 6.92 Å². The zero-order valence-electron chi connectivity index (χ0n) is 12.7. The van der Waals surface area contributed by atoms with Crippen molar-refractivity contribution < 1.29 is 14.7 Å². The fourth-order valence-electron chi connectivity index (χ4n) is 3.65. The summed E-state index contributed by atoms with van der Waals surface area (Å²) in [5.74, 6) is -0.536. The lowest BCUT2D eigenvalue weighted by Crippen LogP contribution is -2.49. The summed E-state index contributed by atoms with van der Waals surface area (Å²) in [6, 6.07) is 0.103. The molecule has 0 bridgehead atoms. The van der Waals surface area contributed by atoms with Gasteiger partial charge in [0.2, 0.25) is 0 Å². The van der Waals surface area contributed by atoms with E-state index in [1.807, 2.05) is 18.9 Å². The molecule has 2 aliphatic rings. The van der Waals surface area contributed by atoms with Crippen molar-refractivity contribution in [2.24, 2.45) is 11.8 Å². The predicted molar refractivity (Wildman–Crippen MR) is 76.5 cm³/mol. The molecule has 5 nitrogen and oxygen atoms in total. The Morgan fingerprint density at radius 2 is 1.90 bits per heavy atom. The molecule has 20 heavy (non-hydrogen) atoms. The molecular formula is C15H26N2O3. The molecule has 1 aliphatic carbocycles. The van der Waals surface area contributed by atoms with Crippen molar-refractivity contribution in [1.82, 2.24) is 9.80 Å². The highest BCUT2D eigenvalue weighted by atomic mass is 16.4. The van der Waals surface area contributed by atoms with Crippen molar-refractivity contribution in [2.75, 3.05) is 13.6 Å². The minimum atomic E-state index is -0.790. The van der Waals surface area contributed by atoms with Crippen LogP contribution in [0.5, 0.6) is 0 Å². The molecule has 0 aromatic rings. The van der Waals surface area contributed by atoms with Gasteiger partial charge in [-0.05, 0) is 32.1 Å². The number of carboxylic acids is 1. The van der Waals surface area contributed by atoms with Crippen molar-refractivity contribution in [2.45, 2.75) is 58.0 Å². The first-order valence-electron chi connectivity index (χ1n) is 7.68. The minimum Gasteiger partial charge on any atom is -0.481 e. The van der Waals surface area contributed by atoms with Crippen molar-refractivity contribution in [1.29, 1.82) is 0 Å². The molecule has 0 aromatic heterocycles. The molecule has 0 spiro atoms. The average molecular weight is 282 g/mol. The molecule has 2 rings (SSSR count).